The molecule has 0 fully saturated rings. The number of fused-ring (bicyclic) bond motifs is 1. The molecule has 3 aromatic heterocycles. The number of ether oxygens (including phenoxy) is 2. The number of aromatic nitrogens is 5. The summed E-state index contributed by atoms with van der Waals surface area (Å²) in [6, 6.07) is 18.9. The molecule has 258 valence electrons. The molecule has 0 bridgehead atoms. The second-order valence-electron chi connectivity index (χ2n) is 12.0. The lowest BCUT2D eigenvalue weighted by atomic mass is 9.82. The Morgan fingerprint density at radius 3 is 2.24 bits per heavy atom. The van der Waals surface area contributed by atoms with Gasteiger partial charge in [-0.05, 0) is 66.6 Å². The summed E-state index contributed by atoms with van der Waals surface area (Å²) < 4.78 is 15.0. The highest BCUT2D eigenvalue weighted by Crippen LogP contribution is 2.46. The number of benzene rings is 2. The van der Waals surface area contributed by atoms with Crippen LogP contribution < -0.4 is 25.5 Å². The van der Waals surface area contributed by atoms with Crippen LogP contribution in [0.4, 0.5) is 5.69 Å². The highest BCUT2D eigenvalue weighted by atomic mass is 16.5. The van der Waals surface area contributed by atoms with Crippen LogP contribution in [0.25, 0.3) is 11.4 Å². The molecule has 1 aliphatic heterocycles. The third kappa shape index (κ3) is 6.35. The standard InChI is InChI=1S/C37H38N6O7/c1-25(9-4-5-17-40-24-27(16-20-44)38-39-40)37(48)30-22-29(42-19-8-13-33(50-3)35(42)46)14-15-31(30)43(36(37)47)23-26-10-6-11-28(21-26)41-18-7-12-32(49-2)34(41)45/h4,6-15,18-19,21-22,24-25,44,48H,5,16-17,20,23H2,1-3H3/b9-4+/t25-,37+/m1/s1. The predicted octanol–water partition coefficient (Wildman–Crippen LogP) is 3.15. The van der Waals surface area contributed by atoms with E-state index in [2.05, 4.69) is 10.3 Å². The van der Waals surface area contributed by atoms with Crippen molar-refractivity contribution in [2.24, 2.45) is 5.92 Å². The predicted molar refractivity (Wildman–Crippen MR) is 186 cm³/mol. The SMILES string of the molecule is COc1cccn(-c2cccc(CN3C(=O)[C@](O)([C@H](C)/C=C/CCn4cc(CCO)nn4)c4cc(-n5cccc(OC)c5=O)ccc43)c2)c1=O. The largest absolute Gasteiger partial charge is 0.491 e. The molecular weight excluding hydrogens is 640 g/mol. The molecular formula is C37H38N6O7. The number of methoxy groups -OCH3 is 2. The van der Waals surface area contributed by atoms with Crippen LogP contribution in [0.5, 0.6) is 11.5 Å². The van der Waals surface area contributed by atoms with Gasteiger partial charge in [-0.15, -0.1) is 5.10 Å². The molecule has 6 rings (SSSR count). The van der Waals surface area contributed by atoms with E-state index in [1.165, 1.54) is 28.3 Å². The maximum Gasteiger partial charge on any atom is 0.297 e. The molecule has 1 amide bonds. The topological polar surface area (TPSA) is 154 Å². The summed E-state index contributed by atoms with van der Waals surface area (Å²) in [6.45, 7) is 2.39. The van der Waals surface area contributed by atoms with Crippen molar-refractivity contribution in [2.45, 2.75) is 38.5 Å². The van der Waals surface area contributed by atoms with E-state index in [1.54, 1.807) is 90.9 Å². The molecule has 0 saturated carbocycles. The Kier molecular flexibility index (Phi) is 9.79. The zero-order valence-corrected chi connectivity index (χ0v) is 28.0. The molecule has 0 saturated heterocycles. The number of hydrogen-bond donors (Lipinski definition) is 2. The summed E-state index contributed by atoms with van der Waals surface area (Å²) in [5.41, 5.74) is 0.663. The number of aliphatic hydroxyl groups excluding tert-OH is 1. The van der Waals surface area contributed by atoms with Crippen LogP contribution in [0.2, 0.25) is 0 Å². The fourth-order valence-corrected chi connectivity index (χ4v) is 6.22. The highest BCUT2D eigenvalue weighted by molar-refractivity contribution is 6.07. The Labute approximate surface area is 287 Å². The monoisotopic (exact) mass is 678 g/mol. The lowest BCUT2D eigenvalue weighted by molar-refractivity contribution is -0.139. The maximum absolute atomic E-state index is 14.4. The van der Waals surface area contributed by atoms with Gasteiger partial charge >= 0.3 is 0 Å². The maximum atomic E-state index is 14.4. The minimum Gasteiger partial charge on any atom is -0.491 e. The van der Waals surface area contributed by atoms with E-state index in [0.717, 1.165) is 5.56 Å². The Balaban J connectivity index is 1.35. The molecule has 0 unspecified atom stereocenters. The Hall–Kier alpha value is -5.79. The summed E-state index contributed by atoms with van der Waals surface area (Å²) in [5.74, 6) is -0.831. The van der Waals surface area contributed by atoms with E-state index in [0.29, 0.717) is 47.7 Å². The number of rotatable bonds is 13. The Bertz CT molecular complexity index is 2170. The van der Waals surface area contributed by atoms with E-state index < -0.39 is 17.4 Å². The van der Waals surface area contributed by atoms with Gasteiger partial charge in [0.05, 0.1) is 32.1 Å². The number of aryl methyl sites for hydroxylation is 1. The van der Waals surface area contributed by atoms with Gasteiger partial charge in [0.25, 0.3) is 17.0 Å². The molecule has 4 heterocycles. The third-order valence-corrected chi connectivity index (χ3v) is 8.89. The zero-order valence-electron chi connectivity index (χ0n) is 28.0. The third-order valence-electron chi connectivity index (χ3n) is 8.89. The summed E-state index contributed by atoms with van der Waals surface area (Å²) in [4.78, 5) is 42.0. The van der Waals surface area contributed by atoms with Gasteiger partial charge in [-0.25, -0.2) is 0 Å². The van der Waals surface area contributed by atoms with Crippen molar-refractivity contribution < 1.29 is 24.5 Å². The number of carbonyl (C=O) groups excluding carboxylic acids is 1. The smallest absolute Gasteiger partial charge is 0.297 e. The highest BCUT2D eigenvalue weighted by Gasteiger charge is 2.52. The minimum atomic E-state index is -1.97. The van der Waals surface area contributed by atoms with Crippen molar-refractivity contribution in [1.82, 2.24) is 24.1 Å². The van der Waals surface area contributed by atoms with Crippen molar-refractivity contribution >= 4 is 11.6 Å². The van der Waals surface area contributed by atoms with E-state index in [4.69, 9.17) is 14.6 Å². The van der Waals surface area contributed by atoms with Crippen LogP contribution in [0, 0.1) is 5.92 Å². The molecule has 5 aromatic rings. The molecule has 13 nitrogen and oxygen atoms in total. The second-order valence-corrected chi connectivity index (χ2v) is 12.0. The number of carbonyl (C=O) groups is 1. The van der Waals surface area contributed by atoms with Crippen molar-refractivity contribution in [3.05, 3.63) is 135 Å². The second kappa shape index (κ2) is 14.4. The van der Waals surface area contributed by atoms with Gasteiger partial charge in [-0.1, -0.05) is 36.4 Å². The number of amides is 1. The van der Waals surface area contributed by atoms with Gasteiger partial charge in [-0.2, -0.15) is 0 Å². The first-order chi connectivity index (χ1) is 24.2. The molecule has 2 atom stereocenters. The first kappa shape index (κ1) is 34.1. The number of allylic oxidation sites excluding steroid dienone is 1. The molecule has 2 N–H and O–H groups in total. The van der Waals surface area contributed by atoms with Crippen molar-refractivity contribution in [3.8, 4) is 22.9 Å². The van der Waals surface area contributed by atoms with Gasteiger partial charge in [0.15, 0.2) is 17.1 Å². The number of anilines is 1. The minimum absolute atomic E-state index is 0.0108. The number of nitrogens with zero attached hydrogens (tertiary/aromatic N) is 6. The average molecular weight is 679 g/mol. The van der Waals surface area contributed by atoms with Crippen molar-refractivity contribution in [2.75, 3.05) is 25.7 Å². The van der Waals surface area contributed by atoms with Crippen LogP contribution >= 0.6 is 0 Å². The Morgan fingerprint density at radius 1 is 0.900 bits per heavy atom. The van der Waals surface area contributed by atoms with Crippen LogP contribution in [0.1, 0.15) is 30.2 Å². The van der Waals surface area contributed by atoms with Gasteiger partial charge in [0, 0.05) is 61.0 Å². The zero-order chi connectivity index (χ0) is 35.4. The molecule has 50 heavy (non-hydrogen) atoms. The number of hydrogen-bond acceptors (Lipinski definition) is 9. The Morgan fingerprint density at radius 2 is 1.58 bits per heavy atom. The van der Waals surface area contributed by atoms with Crippen LogP contribution in [0.3, 0.4) is 0 Å². The van der Waals surface area contributed by atoms with Gasteiger partial charge < -0.3 is 24.6 Å². The first-order valence-corrected chi connectivity index (χ1v) is 16.2. The summed E-state index contributed by atoms with van der Waals surface area (Å²) >= 11 is 0. The van der Waals surface area contributed by atoms with Crippen LogP contribution in [-0.2, 0) is 29.9 Å². The van der Waals surface area contributed by atoms with E-state index in [9.17, 15) is 19.5 Å². The quantitative estimate of drug-likeness (QED) is 0.179. The van der Waals surface area contributed by atoms with E-state index in [1.807, 2.05) is 18.2 Å². The molecule has 13 heteroatoms. The summed E-state index contributed by atoms with van der Waals surface area (Å²) in [5, 5.41) is 29.7. The molecule has 0 spiro atoms. The number of pyridine rings is 2. The fourth-order valence-electron chi connectivity index (χ4n) is 6.22. The molecule has 0 aliphatic carbocycles. The normalized spacial score (nSPS) is 16.2. The van der Waals surface area contributed by atoms with Crippen LogP contribution in [-0.4, -0.2) is 61.1 Å². The fraction of sp³-hybridized carbons (Fsp3) is 0.270. The van der Waals surface area contributed by atoms with Gasteiger partial charge in [0.2, 0.25) is 0 Å². The van der Waals surface area contributed by atoms with Crippen molar-refractivity contribution in [3.63, 3.8) is 0 Å². The summed E-state index contributed by atoms with van der Waals surface area (Å²) in [6.07, 6.45) is 9.69. The van der Waals surface area contributed by atoms with Crippen LogP contribution in [0.15, 0.2) is 107 Å². The van der Waals surface area contributed by atoms with Gasteiger partial charge in [-0.3, -0.25) is 28.2 Å². The lowest BCUT2D eigenvalue weighted by Gasteiger charge is -2.28. The average Bonchev–Trinajstić information content (AvgIpc) is 3.66. The first-order valence-electron chi connectivity index (χ1n) is 16.2. The van der Waals surface area contributed by atoms with Gasteiger partial charge in [0.1, 0.15) is 0 Å². The lowest BCUT2D eigenvalue weighted by Crippen LogP contribution is -2.44. The molecule has 2 aromatic carbocycles. The van der Waals surface area contributed by atoms with E-state index in [-0.39, 0.29) is 35.8 Å². The van der Waals surface area contributed by atoms with E-state index >= 15 is 0 Å². The molecule has 0 radical (unpaired) electrons. The summed E-state index contributed by atoms with van der Waals surface area (Å²) in [7, 11) is 2.86. The number of aliphatic hydroxyl groups is 2. The molecule has 1 aliphatic rings. The van der Waals surface area contributed by atoms with Crippen molar-refractivity contribution in [1.29, 1.82) is 0 Å².